The number of halogens is 1. The first-order chi connectivity index (χ1) is 17.0. The Hall–Kier alpha value is -4.08. The SMILES string of the molecule is CCCNC(=O)c1ccc(-c2noc(C(CC)Oc3ccc(-c4noc(CC)n4)cc3)n2)cc1F. The van der Waals surface area contributed by atoms with E-state index in [2.05, 4.69) is 25.6 Å². The number of benzene rings is 2. The molecule has 4 rings (SSSR count). The number of carbonyl (C=O) groups is 1. The van der Waals surface area contributed by atoms with E-state index in [-0.39, 0.29) is 17.3 Å². The van der Waals surface area contributed by atoms with E-state index < -0.39 is 17.8 Å². The highest BCUT2D eigenvalue weighted by atomic mass is 19.1. The Balaban J connectivity index is 1.46. The molecule has 1 amide bonds. The predicted octanol–water partition coefficient (Wildman–Crippen LogP) is 5.16. The van der Waals surface area contributed by atoms with Crippen LogP contribution in [0.4, 0.5) is 4.39 Å². The van der Waals surface area contributed by atoms with Crippen LogP contribution in [0.25, 0.3) is 22.8 Å². The van der Waals surface area contributed by atoms with Crippen molar-refractivity contribution in [1.29, 1.82) is 0 Å². The molecular weight excluding hydrogens is 453 g/mol. The van der Waals surface area contributed by atoms with Crippen molar-refractivity contribution in [1.82, 2.24) is 25.6 Å². The molecule has 0 spiro atoms. The van der Waals surface area contributed by atoms with Crippen LogP contribution >= 0.6 is 0 Å². The molecule has 2 heterocycles. The summed E-state index contributed by atoms with van der Waals surface area (Å²) in [5.74, 6) is 1.06. The molecule has 182 valence electrons. The first kappa shape index (κ1) is 24.1. The zero-order valence-electron chi connectivity index (χ0n) is 19.7. The van der Waals surface area contributed by atoms with E-state index in [4.69, 9.17) is 13.8 Å². The van der Waals surface area contributed by atoms with Crippen molar-refractivity contribution >= 4 is 5.91 Å². The van der Waals surface area contributed by atoms with Gasteiger partial charge in [-0.2, -0.15) is 9.97 Å². The monoisotopic (exact) mass is 479 g/mol. The number of nitrogens with one attached hydrogen (secondary N) is 1. The summed E-state index contributed by atoms with van der Waals surface area (Å²) in [6.45, 7) is 6.28. The van der Waals surface area contributed by atoms with Gasteiger partial charge in [-0.15, -0.1) is 0 Å². The molecule has 2 aromatic heterocycles. The van der Waals surface area contributed by atoms with Crippen LogP contribution in [0.1, 0.15) is 61.9 Å². The van der Waals surface area contributed by atoms with Crippen LogP contribution in [0, 0.1) is 5.82 Å². The molecule has 0 saturated carbocycles. The van der Waals surface area contributed by atoms with E-state index in [1.807, 2.05) is 32.9 Å². The van der Waals surface area contributed by atoms with Gasteiger partial charge in [0.15, 0.2) is 6.10 Å². The first-order valence-electron chi connectivity index (χ1n) is 11.5. The lowest BCUT2D eigenvalue weighted by Gasteiger charge is -2.13. The number of rotatable bonds is 10. The number of nitrogens with zero attached hydrogens (tertiary/aromatic N) is 4. The summed E-state index contributed by atoms with van der Waals surface area (Å²) in [5.41, 5.74) is 1.17. The molecule has 0 aliphatic carbocycles. The summed E-state index contributed by atoms with van der Waals surface area (Å²) in [4.78, 5) is 20.8. The zero-order valence-corrected chi connectivity index (χ0v) is 19.7. The molecule has 0 radical (unpaired) electrons. The first-order valence-corrected chi connectivity index (χ1v) is 11.5. The van der Waals surface area contributed by atoms with Crippen molar-refractivity contribution in [2.75, 3.05) is 6.54 Å². The maximum atomic E-state index is 14.5. The van der Waals surface area contributed by atoms with E-state index in [0.29, 0.717) is 42.4 Å². The molecule has 2 aromatic carbocycles. The fourth-order valence-corrected chi connectivity index (χ4v) is 3.33. The lowest BCUT2D eigenvalue weighted by Crippen LogP contribution is -2.24. The number of aromatic nitrogens is 4. The average Bonchev–Trinajstić information content (AvgIpc) is 3.56. The van der Waals surface area contributed by atoms with Crippen LogP contribution in [-0.4, -0.2) is 32.7 Å². The minimum atomic E-state index is -0.654. The number of amides is 1. The molecule has 35 heavy (non-hydrogen) atoms. The van der Waals surface area contributed by atoms with Crippen LogP contribution in [0.15, 0.2) is 51.5 Å². The van der Waals surface area contributed by atoms with E-state index in [9.17, 15) is 9.18 Å². The largest absolute Gasteiger partial charge is 0.481 e. The van der Waals surface area contributed by atoms with Crippen molar-refractivity contribution < 1.29 is 23.0 Å². The standard InChI is InChI=1S/C25H26FN5O4/c1-4-13-27-24(32)18-12-9-16(14-19(18)26)23-29-25(35-31-23)20(5-2)33-17-10-7-15(8-11-17)22-28-21(6-3)34-30-22/h7-12,14,20H,4-6,13H2,1-3H3,(H,27,32). The summed E-state index contributed by atoms with van der Waals surface area (Å²) in [5, 5.41) is 10.6. The van der Waals surface area contributed by atoms with Crippen molar-refractivity contribution in [2.45, 2.75) is 46.1 Å². The Bertz CT molecular complexity index is 1290. The van der Waals surface area contributed by atoms with Crippen LogP contribution in [0.2, 0.25) is 0 Å². The second kappa shape index (κ2) is 10.9. The Labute approximate surface area is 201 Å². The molecule has 9 nitrogen and oxygen atoms in total. The van der Waals surface area contributed by atoms with Crippen LogP contribution < -0.4 is 10.1 Å². The summed E-state index contributed by atoms with van der Waals surface area (Å²) in [6.07, 6.45) is 1.51. The maximum absolute atomic E-state index is 14.5. The van der Waals surface area contributed by atoms with Gasteiger partial charge in [0, 0.05) is 24.1 Å². The van der Waals surface area contributed by atoms with Gasteiger partial charge in [0.2, 0.25) is 17.5 Å². The highest BCUT2D eigenvalue weighted by Crippen LogP contribution is 2.28. The molecule has 0 aliphatic heterocycles. The molecule has 10 heteroatoms. The Morgan fingerprint density at radius 2 is 1.71 bits per heavy atom. The zero-order chi connectivity index (χ0) is 24.8. The highest BCUT2D eigenvalue weighted by Gasteiger charge is 2.21. The Morgan fingerprint density at radius 1 is 1.00 bits per heavy atom. The summed E-state index contributed by atoms with van der Waals surface area (Å²) < 4.78 is 31.1. The molecule has 0 aliphatic rings. The van der Waals surface area contributed by atoms with Gasteiger partial charge in [-0.1, -0.05) is 37.2 Å². The fourth-order valence-electron chi connectivity index (χ4n) is 3.33. The third-order valence-corrected chi connectivity index (χ3v) is 5.26. The van der Waals surface area contributed by atoms with Crippen LogP contribution in [0.3, 0.4) is 0 Å². The number of hydrogen-bond donors (Lipinski definition) is 1. The molecule has 0 fully saturated rings. The topological polar surface area (TPSA) is 116 Å². The van der Waals surface area contributed by atoms with Crippen molar-refractivity contribution in [3.63, 3.8) is 0 Å². The van der Waals surface area contributed by atoms with E-state index in [1.165, 1.54) is 12.1 Å². The van der Waals surface area contributed by atoms with Crippen molar-refractivity contribution in [2.24, 2.45) is 0 Å². The van der Waals surface area contributed by atoms with Gasteiger partial charge in [-0.3, -0.25) is 4.79 Å². The van der Waals surface area contributed by atoms with Gasteiger partial charge in [0.05, 0.1) is 5.56 Å². The molecule has 1 unspecified atom stereocenters. The van der Waals surface area contributed by atoms with Crippen LogP contribution in [-0.2, 0) is 6.42 Å². The summed E-state index contributed by atoms with van der Waals surface area (Å²) in [7, 11) is 0. The fraction of sp³-hybridized carbons (Fsp3) is 0.320. The number of aryl methyl sites for hydroxylation is 1. The molecule has 1 N–H and O–H groups in total. The lowest BCUT2D eigenvalue weighted by molar-refractivity contribution is 0.0949. The molecule has 0 saturated heterocycles. The smallest absolute Gasteiger partial charge is 0.268 e. The molecule has 0 bridgehead atoms. The van der Waals surface area contributed by atoms with E-state index in [0.717, 1.165) is 12.0 Å². The highest BCUT2D eigenvalue weighted by molar-refractivity contribution is 5.94. The second-order valence-corrected chi connectivity index (χ2v) is 7.81. The Kier molecular flexibility index (Phi) is 7.49. The van der Waals surface area contributed by atoms with Gasteiger partial charge in [-0.25, -0.2) is 4.39 Å². The third kappa shape index (κ3) is 5.53. The molecular formula is C25H26FN5O4. The van der Waals surface area contributed by atoms with Gasteiger partial charge in [-0.05, 0) is 49.2 Å². The molecule has 4 aromatic rings. The average molecular weight is 480 g/mol. The quantitative estimate of drug-likeness (QED) is 0.332. The minimum Gasteiger partial charge on any atom is -0.481 e. The van der Waals surface area contributed by atoms with Crippen LogP contribution in [0.5, 0.6) is 5.75 Å². The van der Waals surface area contributed by atoms with Gasteiger partial charge < -0.3 is 19.1 Å². The van der Waals surface area contributed by atoms with Gasteiger partial charge in [0.25, 0.3) is 11.8 Å². The maximum Gasteiger partial charge on any atom is 0.268 e. The number of carbonyl (C=O) groups excluding carboxylic acids is 1. The van der Waals surface area contributed by atoms with Gasteiger partial charge in [0.1, 0.15) is 11.6 Å². The lowest BCUT2D eigenvalue weighted by atomic mass is 10.1. The normalized spacial score (nSPS) is 11.9. The second-order valence-electron chi connectivity index (χ2n) is 7.81. The predicted molar refractivity (Wildman–Crippen MR) is 125 cm³/mol. The summed E-state index contributed by atoms with van der Waals surface area (Å²) in [6, 6.07) is 11.5. The minimum absolute atomic E-state index is 0.0316. The molecule has 1 atom stereocenters. The summed E-state index contributed by atoms with van der Waals surface area (Å²) >= 11 is 0. The van der Waals surface area contributed by atoms with E-state index >= 15 is 0 Å². The number of ether oxygens (including phenoxy) is 1. The van der Waals surface area contributed by atoms with E-state index in [1.54, 1.807) is 18.2 Å². The third-order valence-electron chi connectivity index (χ3n) is 5.26. The van der Waals surface area contributed by atoms with Crippen molar-refractivity contribution in [3.8, 4) is 28.5 Å². The number of hydrogen-bond acceptors (Lipinski definition) is 8. The van der Waals surface area contributed by atoms with Crippen molar-refractivity contribution in [3.05, 3.63) is 65.6 Å². The van der Waals surface area contributed by atoms with Gasteiger partial charge >= 0.3 is 0 Å². The Morgan fingerprint density at radius 3 is 2.37 bits per heavy atom.